The third-order valence-corrected chi connectivity index (χ3v) is 2.44. The van der Waals surface area contributed by atoms with Crippen LogP contribution in [-0.4, -0.2) is 26.7 Å². The van der Waals surface area contributed by atoms with Gasteiger partial charge in [-0.15, -0.1) is 0 Å². The van der Waals surface area contributed by atoms with Gasteiger partial charge in [0.25, 0.3) is 0 Å². The summed E-state index contributed by atoms with van der Waals surface area (Å²) in [6.07, 6.45) is 4.37. The summed E-state index contributed by atoms with van der Waals surface area (Å²) < 4.78 is 13.7. The van der Waals surface area contributed by atoms with Gasteiger partial charge in [0, 0.05) is 24.9 Å². The third-order valence-electron chi connectivity index (χ3n) is 2.44. The summed E-state index contributed by atoms with van der Waals surface area (Å²) in [6, 6.07) is 1.88. The van der Waals surface area contributed by atoms with Crippen molar-refractivity contribution >= 4 is 5.82 Å². The Bertz CT molecular complexity index is 469. The first-order chi connectivity index (χ1) is 8.31. The van der Waals surface area contributed by atoms with Gasteiger partial charge in [0.05, 0.1) is 5.69 Å². The molecule has 0 amide bonds. The number of nitrogens with one attached hydrogen (secondary N) is 2. The van der Waals surface area contributed by atoms with E-state index in [-0.39, 0.29) is 11.6 Å². The van der Waals surface area contributed by atoms with E-state index in [1.165, 1.54) is 6.33 Å². The summed E-state index contributed by atoms with van der Waals surface area (Å²) >= 11 is 0. The monoisotopic (exact) mass is 235 g/mol. The fourth-order valence-corrected chi connectivity index (χ4v) is 1.52. The maximum Gasteiger partial charge on any atom is 0.186 e. The minimum Gasteiger partial charge on any atom is -0.367 e. The molecule has 2 rings (SSSR count). The number of rotatable bonds is 5. The van der Waals surface area contributed by atoms with E-state index in [0.717, 1.165) is 12.1 Å². The molecule has 0 atom stereocenters. The second kappa shape index (κ2) is 5.38. The van der Waals surface area contributed by atoms with Gasteiger partial charge in [-0.3, -0.25) is 5.10 Å². The highest BCUT2D eigenvalue weighted by atomic mass is 19.1. The largest absolute Gasteiger partial charge is 0.367 e. The lowest BCUT2D eigenvalue weighted by Gasteiger charge is -2.07. The summed E-state index contributed by atoms with van der Waals surface area (Å²) in [5, 5.41) is 9.64. The van der Waals surface area contributed by atoms with Gasteiger partial charge in [-0.1, -0.05) is 6.92 Å². The van der Waals surface area contributed by atoms with Crippen molar-refractivity contribution in [3.8, 4) is 0 Å². The molecular formula is C11H14FN5. The number of H-pyrrole nitrogens is 1. The molecule has 0 saturated heterocycles. The predicted octanol–water partition coefficient (Wildman–Crippen LogP) is 1.56. The van der Waals surface area contributed by atoms with E-state index in [1.54, 1.807) is 6.20 Å². The molecule has 2 N–H and O–H groups in total. The van der Waals surface area contributed by atoms with Gasteiger partial charge >= 0.3 is 0 Å². The maximum absolute atomic E-state index is 13.7. The Morgan fingerprint density at radius 1 is 1.41 bits per heavy atom. The zero-order chi connectivity index (χ0) is 12.1. The van der Waals surface area contributed by atoms with Crippen molar-refractivity contribution in [1.29, 1.82) is 0 Å². The molecule has 2 heterocycles. The first-order valence-electron chi connectivity index (χ1n) is 5.52. The lowest BCUT2D eigenvalue weighted by molar-refractivity contribution is 0.596. The third kappa shape index (κ3) is 2.77. The summed E-state index contributed by atoms with van der Waals surface area (Å²) in [5.74, 6) is -0.101. The van der Waals surface area contributed by atoms with Crippen LogP contribution in [0, 0.1) is 5.82 Å². The fourth-order valence-electron chi connectivity index (χ4n) is 1.52. The van der Waals surface area contributed by atoms with Crippen LogP contribution in [0.5, 0.6) is 0 Å². The van der Waals surface area contributed by atoms with Crippen LogP contribution in [0.1, 0.15) is 18.3 Å². The highest BCUT2D eigenvalue weighted by molar-refractivity contribution is 5.37. The highest BCUT2D eigenvalue weighted by Gasteiger charge is 2.08. The Morgan fingerprint density at radius 3 is 3.00 bits per heavy atom. The van der Waals surface area contributed by atoms with Gasteiger partial charge in [-0.05, 0) is 12.5 Å². The summed E-state index contributed by atoms with van der Waals surface area (Å²) in [4.78, 5) is 7.76. The number of hydrogen-bond acceptors (Lipinski definition) is 4. The lowest BCUT2D eigenvalue weighted by Crippen LogP contribution is -2.10. The molecule has 0 aliphatic carbocycles. The number of aryl methyl sites for hydroxylation is 1. The van der Waals surface area contributed by atoms with Crippen molar-refractivity contribution in [3.63, 3.8) is 0 Å². The van der Waals surface area contributed by atoms with Gasteiger partial charge in [0.1, 0.15) is 6.33 Å². The minimum atomic E-state index is -0.361. The van der Waals surface area contributed by atoms with Crippen molar-refractivity contribution < 1.29 is 4.39 Å². The molecule has 2 aromatic rings. The maximum atomic E-state index is 13.7. The second-order valence-corrected chi connectivity index (χ2v) is 3.60. The molecule has 0 fully saturated rings. The first kappa shape index (κ1) is 11.5. The van der Waals surface area contributed by atoms with Crippen LogP contribution in [0.25, 0.3) is 0 Å². The van der Waals surface area contributed by atoms with Crippen LogP contribution in [0.3, 0.4) is 0 Å². The van der Waals surface area contributed by atoms with E-state index in [0.29, 0.717) is 18.7 Å². The standard InChI is InChI=1S/C11H14FN5/c1-2-9-10(12)11(15-7-14-9)13-5-3-8-4-6-16-17-8/h4,6-7H,2-3,5H2,1H3,(H,16,17)(H,13,14,15). The van der Waals surface area contributed by atoms with Crippen molar-refractivity contribution in [2.24, 2.45) is 0 Å². The SMILES string of the molecule is CCc1ncnc(NCCc2ccn[nH]2)c1F. The van der Waals surface area contributed by atoms with E-state index < -0.39 is 0 Å². The molecule has 6 heteroatoms. The van der Waals surface area contributed by atoms with Gasteiger partial charge in [-0.25, -0.2) is 14.4 Å². The normalized spacial score (nSPS) is 10.5. The Labute approximate surface area is 98.5 Å². The Morgan fingerprint density at radius 2 is 2.29 bits per heavy atom. The van der Waals surface area contributed by atoms with Crippen LogP contribution in [0.2, 0.25) is 0 Å². The molecule has 0 radical (unpaired) electrons. The number of aromatic amines is 1. The number of halogens is 1. The van der Waals surface area contributed by atoms with Crippen molar-refractivity contribution in [3.05, 3.63) is 35.8 Å². The van der Waals surface area contributed by atoms with E-state index in [9.17, 15) is 4.39 Å². The van der Waals surface area contributed by atoms with Crippen LogP contribution >= 0.6 is 0 Å². The molecule has 17 heavy (non-hydrogen) atoms. The summed E-state index contributed by atoms with van der Waals surface area (Å²) in [7, 11) is 0. The molecule has 0 saturated carbocycles. The molecule has 0 spiro atoms. The number of aromatic nitrogens is 4. The van der Waals surface area contributed by atoms with Gasteiger partial charge in [0.2, 0.25) is 0 Å². The van der Waals surface area contributed by atoms with Gasteiger partial charge in [-0.2, -0.15) is 5.10 Å². The second-order valence-electron chi connectivity index (χ2n) is 3.60. The number of anilines is 1. The number of nitrogens with zero attached hydrogens (tertiary/aromatic N) is 3. The van der Waals surface area contributed by atoms with Crippen LogP contribution in [0.15, 0.2) is 18.6 Å². The molecule has 0 unspecified atom stereocenters. The van der Waals surface area contributed by atoms with Crippen molar-refractivity contribution in [2.45, 2.75) is 19.8 Å². The molecule has 0 aliphatic heterocycles. The fraction of sp³-hybridized carbons (Fsp3) is 0.364. The molecular weight excluding hydrogens is 221 g/mol. The minimum absolute atomic E-state index is 0.261. The van der Waals surface area contributed by atoms with Gasteiger partial charge in [0.15, 0.2) is 11.6 Å². The quantitative estimate of drug-likeness (QED) is 0.825. The van der Waals surface area contributed by atoms with Crippen LogP contribution in [-0.2, 0) is 12.8 Å². The zero-order valence-corrected chi connectivity index (χ0v) is 9.57. The first-order valence-corrected chi connectivity index (χ1v) is 5.52. The highest BCUT2D eigenvalue weighted by Crippen LogP contribution is 2.12. The zero-order valence-electron chi connectivity index (χ0n) is 9.57. The summed E-state index contributed by atoms with van der Waals surface area (Å²) in [5.41, 5.74) is 1.44. The lowest BCUT2D eigenvalue weighted by atomic mass is 10.3. The van der Waals surface area contributed by atoms with Crippen LogP contribution in [0.4, 0.5) is 10.2 Å². The molecule has 0 bridgehead atoms. The molecule has 5 nitrogen and oxygen atoms in total. The smallest absolute Gasteiger partial charge is 0.186 e. The van der Waals surface area contributed by atoms with E-state index in [1.807, 2.05) is 13.0 Å². The molecule has 90 valence electrons. The molecule has 0 aromatic carbocycles. The average Bonchev–Trinajstić information content (AvgIpc) is 2.84. The van der Waals surface area contributed by atoms with Crippen LogP contribution < -0.4 is 5.32 Å². The Balaban J connectivity index is 1.95. The number of hydrogen-bond donors (Lipinski definition) is 2. The molecule has 0 aliphatic rings. The van der Waals surface area contributed by atoms with E-state index in [2.05, 4.69) is 25.5 Å². The topological polar surface area (TPSA) is 66.5 Å². The van der Waals surface area contributed by atoms with E-state index >= 15 is 0 Å². The molecule has 2 aromatic heterocycles. The van der Waals surface area contributed by atoms with Gasteiger partial charge < -0.3 is 5.32 Å². The summed E-state index contributed by atoms with van der Waals surface area (Å²) in [6.45, 7) is 2.46. The van der Waals surface area contributed by atoms with Crippen molar-refractivity contribution in [2.75, 3.05) is 11.9 Å². The average molecular weight is 235 g/mol. The van der Waals surface area contributed by atoms with Crippen molar-refractivity contribution in [1.82, 2.24) is 20.2 Å². The predicted molar refractivity (Wildman–Crippen MR) is 62.1 cm³/mol. The van der Waals surface area contributed by atoms with E-state index in [4.69, 9.17) is 0 Å². The Kier molecular flexibility index (Phi) is 3.64. The Hall–Kier alpha value is -1.98.